The number of nitrogens with two attached hydrogens (primary N) is 1. The van der Waals surface area contributed by atoms with Crippen LogP contribution in [0.5, 0.6) is 0 Å². The van der Waals surface area contributed by atoms with Gasteiger partial charge in [-0.2, -0.15) is 0 Å². The molecule has 92 valence electrons. The van der Waals surface area contributed by atoms with Gasteiger partial charge in [-0.15, -0.1) is 0 Å². The molecule has 0 aromatic rings. The number of hydrogen-bond donors (Lipinski definition) is 1. The van der Waals surface area contributed by atoms with Crippen molar-refractivity contribution in [2.75, 3.05) is 0 Å². The monoisotopic (exact) mass is 213 g/mol. The molecular weight excluding hydrogens is 182 g/mol. The molecular formula is C14H31N. The molecule has 0 aliphatic rings. The molecule has 0 aliphatic carbocycles. The highest BCUT2D eigenvalue weighted by molar-refractivity contribution is 4.75. The predicted octanol–water partition coefficient (Wildman–Crippen LogP) is 4.36. The molecule has 1 nitrogen and oxygen atoms in total. The van der Waals surface area contributed by atoms with Gasteiger partial charge in [0.2, 0.25) is 0 Å². The molecule has 0 radical (unpaired) electrons. The Kier molecular flexibility index (Phi) is 7.25. The van der Waals surface area contributed by atoms with E-state index in [1.165, 1.54) is 38.5 Å². The van der Waals surface area contributed by atoms with Crippen LogP contribution < -0.4 is 5.73 Å². The van der Waals surface area contributed by atoms with E-state index in [1.807, 2.05) is 0 Å². The molecule has 0 heterocycles. The van der Waals surface area contributed by atoms with Crippen LogP contribution in [0.3, 0.4) is 0 Å². The van der Waals surface area contributed by atoms with Gasteiger partial charge in [-0.1, -0.05) is 47.5 Å². The first-order valence-corrected chi connectivity index (χ1v) is 6.66. The van der Waals surface area contributed by atoms with Crippen LogP contribution >= 0.6 is 0 Å². The lowest BCUT2D eigenvalue weighted by Gasteiger charge is -2.26. The fourth-order valence-corrected chi connectivity index (χ4v) is 2.15. The highest BCUT2D eigenvalue weighted by Gasteiger charge is 2.19. The van der Waals surface area contributed by atoms with Gasteiger partial charge in [-0.3, -0.25) is 0 Å². The summed E-state index contributed by atoms with van der Waals surface area (Å²) in [6, 6.07) is 0.420. The average Bonchev–Trinajstić information content (AvgIpc) is 2.13. The second-order valence-corrected chi connectivity index (χ2v) is 6.10. The van der Waals surface area contributed by atoms with Gasteiger partial charge in [-0.25, -0.2) is 0 Å². The van der Waals surface area contributed by atoms with Crippen LogP contribution in [0.25, 0.3) is 0 Å². The zero-order chi connectivity index (χ0) is 11.9. The molecule has 0 spiro atoms. The Labute approximate surface area is 96.8 Å². The molecule has 2 N–H and O–H groups in total. The maximum Gasteiger partial charge on any atom is 0.00673 e. The Morgan fingerprint density at radius 2 is 1.40 bits per heavy atom. The molecule has 1 atom stereocenters. The summed E-state index contributed by atoms with van der Waals surface area (Å²) in [5.74, 6) is 0.752. The van der Waals surface area contributed by atoms with Crippen LogP contribution in [0.2, 0.25) is 0 Å². The minimum Gasteiger partial charge on any atom is -0.327 e. The SMILES string of the molecule is CCCC(CCC)C(N)CCC(C)(C)C. The lowest BCUT2D eigenvalue weighted by Crippen LogP contribution is -2.31. The van der Waals surface area contributed by atoms with Crippen LogP contribution in [0.15, 0.2) is 0 Å². The molecule has 1 unspecified atom stereocenters. The molecule has 15 heavy (non-hydrogen) atoms. The van der Waals surface area contributed by atoms with E-state index >= 15 is 0 Å². The third-order valence-corrected chi connectivity index (χ3v) is 3.15. The van der Waals surface area contributed by atoms with Crippen LogP contribution in [0.4, 0.5) is 0 Å². The van der Waals surface area contributed by atoms with Crippen LogP contribution in [0, 0.1) is 11.3 Å². The molecule has 0 rings (SSSR count). The van der Waals surface area contributed by atoms with Gasteiger partial charge >= 0.3 is 0 Å². The summed E-state index contributed by atoms with van der Waals surface area (Å²) >= 11 is 0. The van der Waals surface area contributed by atoms with Crippen molar-refractivity contribution >= 4 is 0 Å². The highest BCUT2D eigenvalue weighted by Crippen LogP contribution is 2.26. The molecule has 0 amide bonds. The second kappa shape index (κ2) is 7.27. The number of hydrogen-bond acceptors (Lipinski definition) is 1. The lowest BCUT2D eigenvalue weighted by atomic mass is 9.83. The Morgan fingerprint density at radius 3 is 1.73 bits per heavy atom. The molecule has 0 aromatic heterocycles. The van der Waals surface area contributed by atoms with Crippen molar-refractivity contribution in [1.82, 2.24) is 0 Å². The van der Waals surface area contributed by atoms with Crippen molar-refractivity contribution < 1.29 is 0 Å². The maximum absolute atomic E-state index is 6.30. The number of rotatable bonds is 7. The second-order valence-electron chi connectivity index (χ2n) is 6.10. The van der Waals surface area contributed by atoms with Gasteiger partial charge in [0.05, 0.1) is 0 Å². The lowest BCUT2D eigenvalue weighted by molar-refractivity contribution is 0.290. The van der Waals surface area contributed by atoms with Crippen molar-refractivity contribution in [3.63, 3.8) is 0 Å². The summed E-state index contributed by atoms with van der Waals surface area (Å²) < 4.78 is 0. The van der Waals surface area contributed by atoms with Crippen molar-refractivity contribution in [2.24, 2.45) is 17.1 Å². The van der Waals surface area contributed by atoms with Gasteiger partial charge < -0.3 is 5.73 Å². The van der Waals surface area contributed by atoms with Gasteiger partial charge in [0.15, 0.2) is 0 Å². The van der Waals surface area contributed by atoms with E-state index in [2.05, 4.69) is 34.6 Å². The van der Waals surface area contributed by atoms with Gasteiger partial charge in [0.1, 0.15) is 0 Å². The average molecular weight is 213 g/mol. The normalized spacial score (nSPS) is 14.6. The molecule has 0 aliphatic heterocycles. The summed E-state index contributed by atoms with van der Waals surface area (Å²) in [5, 5.41) is 0. The van der Waals surface area contributed by atoms with E-state index in [0.29, 0.717) is 11.5 Å². The first kappa shape index (κ1) is 15.0. The molecule has 0 saturated heterocycles. The standard InChI is InChI=1S/C14H31N/c1-6-8-12(9-7-2)13(15)10-11-14(3,4)5/h12-13H,6-11,15H2,1-5H3. The van der Waals surface area contributed by atoms with Gasteiger partial charge in [0, 0.05) is 6.04 Å². The van der Waals surface area contributed by atoms with Crippen LogP contribution in [-0.4, -0.2) is 6.04 Å². The quantitative estimate of drug-likeness (QED) is 0.668. The van der Waals surface area contributed by atoms with E-state index < -0.39 is 0 Å². The van der Waals surface area contributed by atoms with E-state index in [9.17, 15) is 0 Å². The Bertz CT molecular complexity index is 140. The molecule has 1 heteroatoms. The Morgan fingerprint density at radius 1 is 0.933 bits per heavy atom. The summed E-state index contributed by atoms with van der Waals surface area (Å²) in [6.07, 6.45) is 7.59. The Hall–Kier alpha value is -0.0400. The molecule has 0 bridgehead atoms. The summed E-state index contributed by atoms with van der Waals surface area (Å²) in [5.41, 5.74) is 6.73. The first-order chi connectivity index (χ1) is 6.90. The molecule has 0 saturated carbocycles. The van der Waals surface area contributed by atoms with Crippen LogP contribution in [0.1, 0.15) is 73.1 Å². The first-order valence-electron chi connectivity index (χ1n) is 6.66. The summed E-state index contributed by atoms with van der Waals surface area (Å²) in [4.78, 5) is 0. The molecule has 0 aromatic carbocycles. The van der Waals surface area contributed by atoms with E-state index in [0.717, 1.165) is 5.92 Å². The zero-order valence-electron chi connectivity index (χ0n) is 11.5. The highest BCUT2D eigenvalue weighted by atomic mass is 14.6. The third kappa shape index (κ3) is 7.84. The van der Waals surface area contributed by atoms with Gasteiger partial charge in [-0.05, 0) is 37.0 Å². The van der Waals surface area contributed by atoms with E-state index in [1.54, 1.807) is 0 Å². The van der Waals surface area contributed by atoms with Crippen molar-refractivity contribution in [3.8, 4) is 0 Å². The topological polar surface area (TPSA) is 26.0 Å². The Balaban J connectivity index is 3.96. The summed E-state index contributed by atoms with van der Waals surface area (Å²) in [7, 11) is 0. The fraction of sp³-hybridized carbons (Fsp3) is 1.00. The largest absolute Gasteiger partial charge is 0.327 e. The van der Waals surface area contributed by atoms with E-state index in [-0.39, 0.29) is 0 Å². The van der Waals surface area contributed by atoms with Crippen LogP contribution in [-0.2, 0) is 0 Å². The zero-order valence-corrected chi connectivity index (χ0v) is 11.5. The minimum absolute atomic E-state index is 0.420. The maximum atomic E-state index is 6.30. The van der Waals surface area contributed by atoms with Crippen molar-refractivity contribution in [1.29, 1.82) is 0 Å². The fourth-order valence-electron chi connectivity index (χ4n) is 2.15. The minimum atomic E-state index is 0.420. The third-order valence-electron chi connectivity index (χ3n) is 3.15. The van der Waals surface area contributed by atoms with Crippen molar-refractivity contribution in [3.05, 3.63) is 0 Å². The van der Waals surface area contributed by atoms with E-state index in [4.69, 9.17) is 5.73 Å². The summed E-state index contributed by atoms with van der Waals surface area (Å²) in [6.45, 7) is 11.4. The predicted molar refractivity (Wildman–Crippen MR) is 70.0 cm³/mol. The molecule has 0 fully saturated rings. The smallest absolute Gasteiger partial charge is 0.00673 e. The van der Waals surface area contributed by atoms with Crippen molar-refractivity contribution in [2.45, 2.75) is 79.2 Å². The van der Waals surface area contributed by atoms with Gasteiger partial charge in [0.25, 0.3) is 0 Å².